The van der Waals surface area contributed by atoms with E-state index < -0.39 is 0 Å². The molecule has 3 atom stereocenters. The molecule has 0 aliphatic carbocycles. The van der Waals surface area contributed by atoms with Crippen LogP contribution in [0.5, 0.6) is 0 Å². The van der Waals surface area contributed by atoms with Gasteiger partial charge in [-0.1, -0.05) is 13.8 Å². The van der Waals surface area contributed by atoms with E-state index in [0.29, 0.717) is 5.92 Å². The van der Waals surface area contributed by atoms with E-state index in [4.69, 9.17) is 5.73 Å². The molecule has 2 rings (SSSR count). The van der Waals surface area contributed by atoms with Gasteiger partial charge in [0.15, 0.2) is 0 Å². The summed E-state index contributed by atoms with van der Waals surface area (Å²) in [6.07, 6.45) is 5.89. The molecule has 1 aliphatic heterocycles. The Kier molecular flexibility index (Phi) is 4.17. The van der Waals surface area contributed by atoms with E-state index in [9.17, 15) is 0 Å². The van der Waals surface area contributed by atoms with Gasteiger partial charge in [0.25, 0.3) is 0 Å². The lowest BCUT2D eigenvalue weighted by Crippen LogP contribution is -2.39. The molecule has 1 aromatic heterocycles. The monoisotopic (exact) mass is 248 g/mol. The van der Waals surface area contributed by atoms with Crippen LogP contribution >= 0.6 is 0 Å². The zero-order valence-corrected chi connectivity index (χ0v) is 11.6. The molecule has 1 fully saturated rings. The number of rotatable bonds is 3. The van der Waals surface area contributed by atoms with Crippen LogP contribution in [0.3, 0.4) is 0 Å². The van der Waals surface area contributed by atoms with E-state index in [-0.39, 0.29) is 6.04 Å². The first-order chi connectivity index (χ1) is 8.56. The molecule has 2 N–H and O–H groups in total. The molecule has 0 bridgehead atoms. The fourth-order valence-electron chi connectivity index (χ4n) is 2.43. The maximum Gasteiger partial charge on any atom is 0.225 e. The average Bonchev–Trinajstić information content (AvgIpc) is 2.33. The summed E-state index contributed by atoms with van der Waals surface area (Å²) in [6, 6.07) is 0.162. The van der Waals surface area contributed by atoms with Gasteiger partial charge in [-0.05, 0) is 37.2 Å². The average molecular weight is 248 g/mol. The molecule has 0 aromatic carbocycles. The van der Waals surface area contributed by atoms with E-state index in [2.05, 4.69) is 28.7 Å². The van der Waals surface area contributed by atoms with E-state index in [0.717, 1.165) is 36.9 Å². The van der Waals surface area contributed by atoms with Gasteiger partial charge in [-0.3, -0.25) is 0 Å². The Hall–Kier alpha value is -1.16. The predicted octanol–water partition coefficient (Wildman–Crippen LogP) is 1.85. The van der Waals surface area contributed by atoms with E-state index in [1.54, 1.807) is 0 Å². The van der Waals surface area contributed by atoms with Crippen molar-refractivity contribution in [3.63, 3.8) is 0 Å². The Morgan fingerprint density at radius 3 is 2.56 bits per heavy atom. The number of hydrogen-bond acceptors (Lipinski definition) is 4. The van der Waals surface area contributed by atoms with Crippen molar-refractivity contribution in [1.82, 2.24) is 9.97 Å². The van der Waals surface area contributed by atoms with Gasteiger partial charge >= 0.3 is 0 Å². The maximum atomic E-state index is 5.77. The normalized spacial score (nSPS) is 26.1. The second-order valence-electron chi connectivity index (χ2n) is 5.76. The summed E-state index contributed by atoms with van der Waals surface area (Å²) in [4.78, 5) is 11.2. The van der Waals surface area contributed by atoms with Crippen molar-refractivity contribution in [3.05, 3.63) is 18.0 Å². The van der Waals surface area contributed by atoms with Gasteiger partial charge in [0.05, 0.1) is 0 Å². The van der Waals surface area contributed by atoms with Crippen LogP contribution < -0.4 is 10.6 Å². The van der Waals surface area contributed by atoms with Crippen molar-refractivity contribution in [2.75, 3.05) is 18.0 Å². The third-order valence-electron chi connectivity index (χ3n) is 3.87. The number of anilines is 1. The quantitative estimate of drug-likeness (QED) is 0.887. The van der Waals surface area contributed by atoms with Gasteiger partial charge in [0.2, 0.25) is 5.95 Å². The van der Waals surface area contributed by atoms with Crippen LogP contribution in [-0.2, 0) is 6.42 Å². The SMILES string of the molecule is CC(N)Cc1cnc(N2CCC(C)C(C)C2)nc1. The molecule has 0 spiro atoms. The molecule has 0 saturated carbocycles. The van der Waals surface area contributed by atoms with Crippen LogP contribution in [0.1, 0.15) is 32.8 Å². The highest BCUT2D eigenvalue weighted by molar-refractivity contribution is 5.31. The molecule has 1 saturated heterocycles. The molecule has 4 nitrogen and oxygen atoms in total. The molecular weight excluding hydrogens is 224 g/mol. The highest BCUT2D eigenvalue weighted by Gasteiger charge is 2.23. The highest BCUT2D eigenvalue weighted by Crippen LogP contribution is 2.24. The first-order valence-electron chi connectivity index (χ1n) is 6.87. The van der Waals surface area contributed by atoms with Gasteiger partial charge in [-0.15, -0.1) is 0 Å². The molecule has 1 aromatic rings. The molecule has 1 aliphatic rings. The van der Waals surface area contributed by atoms with Crippen LogP contribution in [0, 0.1) is 11.8 Å². The summed E-state index contributed by atoms with van der Waals surface area (Å²) >= 11 is 0. The number of nitrogens with zero attached hydrogens (tertiary/aromatic N) is 3. The van der Waals surface area contributed by atoms with Gasteiger partial charge < -0.3 is 10.6 Å². The first kappa shape index (κ1) is 13.3. The number of aromatic nitrogens is 2. The van der Waals surface area contributed by atoms with Crippen LogP contribution in [0.4, 0.5) is 5.95 Å². The summed E-state index contributed by atoms with van der Waals surface area (Å²) in [5.41, 5.74) is 6.89. The largest absolute Gasteiger partial charge is 0.341 e. The summed E-state index contributed by atoms with van der Waals surface area (Å²) < 4.78 is 0. The number of nitrogens with two attached hydrogens (primary N) is 1. The molecule has 0 radical (unpaired) electrons. The fraction of sp³-hybridized carbons (Fsp3) is 0.714. The number of piperidine rings is 1. The van der Waals surface area contributed by atoms with Crippen LogP contribution in [-0.4, -0.2) is 29.1 Å². The van der Waals surface area contributed by atoms with Crippen molar-refractivity contribution < 1.29 is 0 Å². The minimum absolute atomic E-state index is 0.162. The Labute approximate surface area is 110 Å². The maximum absolute atomic E-state index is 5.77. The summed E-state index contributed by atoms with van der Waals surface area (Å²) in [7, 11) is 0. The van der Waals surface area contributed by atoms with Gasteiger partial charge in [-0.2, -0.15) is 0 Å². The van der Waals surface area contributed by atoms with Crippen LogP contribution in [0.2, 0.25) is 0 Å². The molecular formula is C14H24N4. The van der Waals surface area contributed by atoms with Gasteiger partial charge in [0.1, 0.15) is 0 Å². The van der Waals surface area contributed by atoms with Crippen molar-refractivity contribution >= 4 is 5.95 Å². The van der Waals surface area contributed by atoms with Gasteiger partial charge in [-0.25, -0.2) is 9.97 Å². The first-order valence-corrected chi connectivity index (χ1v) is 6.87. The molecule has 2 heterocycles. The molecule has 0 amide bonds. The van der Waals surface area contributed by atoms with Crippen molar-refractivity contribution in [2.24, 2.45) is 17.6 Å². The lowest BCUT2D eigenvalue weighted by molar-refractivity contribution is 0.321. The summed E-state index contributed by atoms with van der Waals surface area (Å²) in [6.45, 7) is 8.77. The second kappa shape index (κ2) is 5.65. The Morgan fingerprint density at radius 2 is 2.00 bits per heavy atom. The molecule has 3 unspecified atom stereocenters. The smallest absolute Gasteiger partial charge is 0.225 e. The standard InChI is InChI=1S/C14H24N4/c1-10-4-5-18(9-11(10)2)14-16-7-13(8-17-14)6-12(3)15/h7-8,10-12H,4-6,9,15H2,1-3H3. The summed E-state index contributed by atoms with van der Waals surface area (Å²) in [5, 5.41) is 0. The zero-order chi connectivity index (χ0) is 13.1. The summed E-state index contributed by atoms with van der Waals surface area (Å²) in [5.74, 6) is 2.38. The van der Waals surface area contributed by atoms with Crippen molar-refractivity contribution in [3.8, 4) is 0 Å². The lowest BCUT2D eigenvalue weighted by Gasteiger charge is -2.35. The van der Waals surface area contributed by atoms with Gasteiger partial charge in [0, 0.05) is 31.5 Å². The van der Waals surface area contributed by atoms with Crippen LogP contribution in [0.15, 0.2) is 12.4 Å². The van der Waals surface area contributed by atoms with Crippen molar-refractivity contribution in [1.29, 1.82) is 0 Å². The predicted molar refractivity (Wildman–Crippen MR) is 74.5 cm³/mol. The van der Waals surface area contributed by atoms with Crippen molar-refractivity contribution in [2.45, 2.75) is 39.7 Å². The Balaban J connectivity index is 2.01. The Bertz CT molecular complexity index is 374. The van der Waals surface area contributed by atoms with Crippen LogP contribution in [0.25, 0.3) is 0 Å². The molecule has 4 heteroatoms. The van der Waals surface area contributed by atoms with E-state index >= 15 is 0 Å². The third-order valence-corrected chi connectivity index (χ3v) is 3.87. The Morgan fingerprint density at radius 1 is 1.33 bits per heavy atom. The second-order valence-corrected chi connectivity index (χ2v) is 5.76. The zero-order valence-electron chi connectivity index (χ0n) is 11.6. The number of hydrogen-bond donors (Lipinski definition) is 1. The molecule has 18 heavy (non-hydrogen) atoms. The fourth-order valence-corrected chi connectivity index (χ4v) is 2.43. The third kappa shape index (κ3) is 3.19. The van der Waals surface area contributed by atoms with E-state index in [1.165, 1.54) is 6.42 Å². The minimum Gasteiger partial charge on any atom is -0.341 e. The highest BCUT2D eigenvalue weighted by atomic mass is 15.2. The lowest BCUT2D eigenvalue weighted by atomic mass is 9.89. The minimum atomic E-state index is 0.162. The van der Waals surface area contributed by atoms with E-state index in [1.807, 2.05) is 19.3 Å². The molecule has 100 valence electrons. The topological polar surface area (TPSA) is 55.0 Å².